The number of anilines is 1. The van der Waals surface area contributed by atoms with E-state index in [9.17, 15) is 9.59 Å². The molecule has 118 valence electrons. The van der Waals surface area contributed by atoms with Gasteiger partial charge in [0.1, 0.15) is 0 Å². The molecule has 1 aromatic carbocycles. The number of amides is 3. The van der Waals surface area contributed by atoms with Crippen LogP contribution in [0.1, 0.15) is 5.56 Å². The molecule has 0 aliphatic carbocycles. The van der Waals surface area contributed by atoms with Gasteiger partial charge in [-0.2, -0.15) is 0 Å². The molecule has 0 fully saturated rings. The molecule has 0 saturated carbocycles. The lowest BCUT2D eigenvalue weighted by Crippen LogP contribution is -2.34. The monoisotopic (exact) mass is 316 g/mol. The highest BCUT2D eigenvalue weighted by atomic mass is 35.5. The molecule has 1 aromatic rings. The zero-order valence-corrected chi connectivity index (χ0v) is 12.7. The molecule has 21 heavy (non-hydrogen) atoms. The fourth-order valence-electron chi connectivity index (χ4n) is 1.49. The molecular weight excluding hydrogens is 296 g/mol. The molecule has 7 nitrogen and oxygen atoms in total. The van der Waals surface area contributed by atoms with Gasteiger partial charge in [0.15, 0.2) is 0 Å². The van der Waals surface area contributed by atoms with Gasteiger partial charge in [-0.3, -0.25) is 4.79 Å². The van der Waals surface area contributed by atoms with E-state index < -0.39 is 6.03 Å². The van der Waals surface area contributed by atoms with Crippen molar-refractivity contribution in [2.75, 3.05) is 32.1 Å². The van der Waals surface area contributed by atoms with Crippen LogP contribution in [0, 0.1) is 0 Å². The molecule has 0 bridgehead atoms. The number of halogens is 1. The SMILES string of the molecule is COCCNCC(=O)NCc1ccc(NC(N)=O)cc1.Cl. The minimum absolute atomic E-state index is 0. The lowest BCUT2D eigenvalue weighted by Gasteiger charge is -2.07. The molecule has 8 heteroatoms. The summed E-state index contributed by atoms with van der Waals surface area (Å²) >= 11 is 0. The summed E-state index contributed by atoms with van der Waals surface area (Å²) in [6, 6.07) is 6.47. The van der Waals surface area contributed by atoms with Gasteiger partial charge >= 0.3 is 6.03 Å². The molecule has 1 rings (SSSR count). The highest BCUT2D eigenvalue weighted by Crippen LogP contribution is 2.08. The summed E-state index contributed by atoms with van der Waals surface area (Å²) in [6.07, 6.45) is 0. The topological polar surface area (TPSA) is 105 Å². The van der Waals surface area contributed by atoms with E-state index in [1.54, 1.807) is 19.2 Å². The van der Waals surface area contributed by atoms with E-state index in [4.69, 9.17) is 10.5 Å². The lowest BCUT2D eigenvalue weighted by atomic mass is 10.2. The molecule has 0 spiro atoms. The number of carbonyl (C=O) groups excluding carboxylic acids is 2. The number of hydrogen-bond acceptors (Lipinski definition) is 4. The Morgan fingerprint density at radius 2 is 1.90 bits per heavy atom. The first-order valence-electron chi connectivity index (χ1n) is 6.23. The van der Waals surface area contributed by atoms with Crippen LogP contribution in [-0.4, -0.2) is 38.7 Å². The number of ether oxygens (including phenoxy) is 1. The first-order valence-corrected chi connectivity index (χ1v) is 6.23. The third kappa shape index (κ3) is 8.85. The fraction of sp³-hybridized carbons (Fsp3) is 0.385. The molecule has 0 atom stereocenters. The van der Waals surface area contributed by atoms with Crippen molar-refractivity contribution < 1.29 is 14.3 Å². The Labute approximate surface area is 130 Å². The van der Waals surface area contributed by atoms with Crippen molar-refractivity contribution in [1.29, 1.82) is 0 Å². The highest BCUT2D eigenvalue weighted by molar-refractivity contribution is 5.87. The molecular formula is C13H21ClN4O3. The maximum Gasteiger partial charge on any atom is 0.316 e. The average molecular weight is 317 g/mol. The third-order valence-electron chi connectivity index (χ3n) is 2.48. The first-order chi connectivity index (χ1) is 9.61. The number of primary amides is 1. The minimum atomic E-state index is -0.604. The maximum absolute atomic E-state index is 11.5. The van der Waals surface area contributed by atoms with Crippen LogP contribution < -0.4 is 21.7 Å². The van der Waals surface area contributed by atoms with Gasteiger partial charge in [-0.25, -0.2) is 4.79 Å². The number of urea groups is 1. The molecule has 0 aliphatic heterocycles. The van der Waals surface area contributed by atoms with E-state index in [0.717, 1.165) is 5.56 Å². The largest absolute Gasteiger partial charge is 0.383 e. The Morgan fingerprint density at radius 1 is 1.24 bits per heavy atom. The van der Waals surface area contributed by atoms with Gasteiger partial charge in [0.05, 0.1) is 13.2 Å². The number of carbonyl (C=O) groups is 2. The summed E-state index contributed by atoms with van der Waals surface area (Å²) in [4.78, 5) is 22.2. The van der Waals surface area contributed by atoms with Crippen molar-refractivity contribution >= 4 is 30.0 Å². The van der Waals surface area contributed by atoms with Gasteiger partial charge in [0, 0.05) is 25.9 Å². The van der Waals surface area contributed by atoms with Gasteiger partial charge in [-0.15, -0.1) is 12.4 Å². The number of rotatable bonds is 8. The van der Waals surface area contributed by atoms with Crippen molar-refractivity contribution in [3.05, 3.63) is 29.8 Å². The molecule has 0 radical (unpaired) electrons. The van der Waals surface area contributed by atoms with E-state index in [-0.39, 0.29) is 24.9 Å². The predicted molar refractivity (Wildman–Crippen MR) is 83.5 cm³/mol. The van der Waals surface area contributed by atoms with E-state index in [2.05, 4.69) is 16.0 Å². The van der Waals surface area contributed by atoms with Gasteiger partial charge in [0.25, 0.3) is 0 Å². The normalized spacial score (nSPS) is 9.57. The summed E-state index contributed by atoms with van der Waals surface area (Å²) in [5.74, 6) is -0.0829. The number of hydrogen-bond donors (Lipinski definition) is 4. The molecule has 0 aromatic heterocycles. The van der Waals surface area contributed by atoms with E-state index in [1.807, 2.05) is 12.1 Å². The van der Waals surface area contributed by atoms with Crippen LogP contribution in [-0.2, 0) is 16.1 Å². The smallest absolute Gasteiger partial charge is 0.316 e. The van der Waals surface area contributed by atoms with Crippen molar-refractivity contribution in [3.8, 4) is 0 Å². The fourth-order valence-corrected chi connectivity index (χ4v) is 1.49. The quantitative estimate of drug-likeness (QED) is 0.523. The van der Waals surface area contributed by atoms with Gasteiger partial charge in [-0.1, -0.05) is 12.1 Å². The first kappa shape index (κ1) is 19.2. The maximum atomic E-state index is 11.5. The number of nitrogens with one attached hydrogen (secondary N) is 3. The average Bonchev–Trinajstić information content (AvgIpc) is 2.42. The number of nitrogens with two attached hydrogens (primary N) is 1. The van der Waals surface area contributed by atoms with Crippen LogP contribution in [0.3, 0.4) is 0 Å². The number of methoxy groups -OCH3 is 1. The van der Waals surface area contributed by atoms with Crippen molar-refractivity contribution in [2.45, 2.75) is 6.54 Å². The lowest BCUT2D eigenvalue weighted by molar-refractivity contribution is -0.120. The van der Waals surface area contributed by atoms with Crippen molar-refractivity contribution in [1.82, 2.24) is 10.6 Å². The van der Waals surface area contributed by atoms with Crippen molar-refractivity contribution in [2.24, 2.45) is 5.73 Å². The number of benzene rings is 1. The molecule has 3 amide bonds. The van der Waals surface area contributed by atoms with Gasteiger partial charge in [-0.05, 0) is 17.7 Å². The molecule has 0 aliphatic rings. The van der Waals surface area contributed by atoms with Crippen molar-refractivity contribution in [3.63, 3.8) is 0 Å². The van der Waals surface area contributed by atoms with Crippen LogP contribution >= 0.6 is 12.4 Å². The Hall–Kier alpha value is -1.83. The molecule has 0 saturated heterocycles. The Morgan fingerprint density at radius 3 is 2.48 bits per heavy atom. The summed E-state index contributed by atoms with van der Waals surface area (Å²) in [5.41, 5.74) is 6.56. The van der Waals surface area contributed by atoms with E-state index in [1.165, 1.54) is 0 Å². The van der Waals surface area contributed by atoms with Gasteiger partial charge < -0.3 is 26.4 Å². The second-order valence-corrected chi connectivity index (χ2v) is 4.13. The highest BCUT2D eigenvalue weighted by Gasteiger charge is 2.01. The predicted octanol–water partition coefficient (Wildman–Crippen LogP) is 0.451. The Balaban J connectivity index is 0.00000400. The second kappa shape index (κ2) is 10.9. The third-order valence-corrected chi connectivity index (χ3v) is 2.48. The van der Waals surface area contributed by atoms with E-state index in [0.29, 0.717) is 25.4 Å². The van der Waals surface area contributed by atoms with Crippen LogP contribution in [0.2, 0.25) is 0 Å². The van der Waals surface area contributed by atoms with Crippen LogP contribution in [0.5, 0.6) is 0 Å². The molecule has 5 N–H and O–H groups in total. The summed E-state index contributed by atoms with van der Waals surface area (Å²) in [6.45, 7) is 1.89. The zero-order valence-electron chi connectivity index (χ0n) is 11.8. The zero-order chi connectivity index (χ0) is 14.8. The van der Waals surface area contributed by atoms with Gasteiger partial charge in [0.2, 0.25) is 5.91 Å². The van der Waals surface area contributed by atoms with Crippen LogP contribution in [0.15, 0.2) is 24.3 Å². The standard InChI is InChI=1S/C13H20N4O3.ClH/c1-20-7-6-15-9-12(18)16-8-10-2-4-11(5-3-10)17-13(14)19;/h2-5,15H,6-9H2,1H3,(H,16,18)(H3,14,17,19);1H. The summed E-state index contributed by atoms with van der Waals surface area (Å²) in [7, 11) is 1.61. The summed E-state index contributed by atoms with van der Waals surface area (Å²) < 4.78 is 4.86. The Kier molecular flexibility index (Phi) is 9.95. The summed E-state index contributed by atoms with van der Waals surface area (Å²) in [5, 5.41) is 8.20. The van der Waals surface area contributed by atoms with Crippen LogP contribution in [0.25, 0.3) is 0 Å². The Bertz CT molecular complexity index is 440. The molecule has 0 heterocycles. The second-order valence-electron chi connectivity index (χ2n) is 4.13. The minimum Gasteiger partial charge on any atom is -0.383 e. The van der Waals surface area contributed by atoms with E-state index >= 15 is 0 Å². The van der Waals surface area contributed by atoms with Crippen LogP contribution in [0.4, 0.5) is 10.5 Å². The molecule has 0 unspecified atom stereocenters.